The molecule has 1 N–H and O–H groups in total. The number of anilines is 1. The smallest absolute Gasteiger partial charge is 0.263 e. The average molecular weight is 406 g/mol. The molecule has 2 rings (SSSR count). The molecule has 2 aromatic rings. The van der Waals surface area contributed by atoms with E-state index in [0.29, 0.717) is 15.5 Å². The second-order valence-electron chi connectivity index (χ2n) is 3.74. The van der Waals surface area contributed by atoms with E-state index in [0.717, 1.165) is 5.56 Å². The van der Waals surface area contributed by atoms with Gasteiger partial charge in [-0.2, -0.15) is 0 Å². The van der Waals surface area contributed by atoms with Gasteiger partial charge in [-0.15, -0.1) is 0 Å². The molecule has 100 valence electrons. The van der Waals surface area contributed by atoms with Crippen LogP contribution in [0.4, 0.5) is 5.69 Å². The number of nitrogens with zero attached hydrogens (tertiary/aromatic N) is 1. The van der Waals surface area contributed by atoms with E-state index >= 15 is 0 Å². The Morgan fingerprint density at radius 2 is 1.95 bits per heavy atom. The first-order valence-electron chi connectivity index (χ1n) is 5.30. The molecule has 0 unspecified atom stereocenters. The quantitative estimate of drug-likeness (QED) is 0.791. The number of alkyl halides is 1. The molecule has 0 atom stereocenters. The molecule has 0 saturated heterocycles. The molecule has 0 aliphatic heterocycles. The monoisotopic (exact) mass is 404 g/mol. The number of rotatable bonds is 4. The van der Waals surface area contributed by atoms with E-state index in [1.165, 1.54) is 18.5 Å². The minimum absolute atomic E-state index is 0.117. The van der Waals surface area contributed by atoms with Gasteiger partial charge in [0.25, 0.3) is 10.0 Å². The van der Waals surface area contributed by atoms with E-state index in [4.69, 9.17) is 0 Å². The second-order valence-corrected chi connectivity index (χ2v) is 6.89. The highest BCUT2D eigenvalue weighted by molar-refractivity contribution is 9.10. The Hall–Kier alpha value is -0.920. The zero-order chi connectivity index (χ0) is 13.9. The second kappa shape index (κ2) is 6.02. The molecule has 0 radical (unpaired) electrons. The lowest BCUT2D eigenvalue weighted by atomic mass is 10.2. The van der Waals surface area contributed by atoms with Crippen LogP contribution in [0, 0.1) is 0 Å². The van der Waals surface area contributed by atoms with E-state index in [2.05, 4.69) is 41.6 Å². The fourth-order valence-electron chi connectivity index (χ4n) is 1.48. The molecule has 1 aromatic heterocycles. The molecule has 0 saturated carbocycles. The lowest BCUT2D eigenvalue weighted by molar-refractivity contribution is 0.600. The summed E-state index contributed by atoms with van der Waals surface area (Å²) in [5.41, 5.74) is 1.42. The standard InChI is InChI=1S/C12H10Br2N2O2S/c13-6-9-3-1-2-4-12(9)16-19(17,18)11-5-10(14)7-15-8-11/h1-5,7-8,16H,6H2. The third-order valence-electron chi connectivity index (χ3n) is 2.40. The number of para-hydroxylation sites is 1. The molecule has 0 amide bonds. The van der Waals surface area contributed by atoms with Crippen LogP contribution in [0.25, 0.3) is 0 Å². The topological polar surface area (TPSA) is 59.1 Å². The van der Waals surface area contributed by atoms with Gasteiger partial charge in [-0.3, -0.25) is 9.71 Å². The van der Waals surface area contributed by atoms with Gasteiger partial charge < -0.3 is 0 Å². The van der Waals surface area contributed by atoms with Crippen LogP contribution in [0.15, 0.2) is 52.1 Å². The SMILES string of the molecule is O=S(=O)(Nc1ccccc1CBr)c1cncc(Br)c1. The zero-order valence-electron chi connectivity index (χ0n) is 9.68. The van der Waals surface area contributed by atoms with E-state index in [1.54, 1.807) is 12.1 Å². The van der Waals surface area contributed by atoms with Crippen molar-refractivity contribution in [2.75, 3.05) is 4.72 Å². The van der Waals surface area contributed by atoms with Crippen LogP contribution < -0.4 is 4.72 Å². The van der Waals surface area contributed by atoms with Crippen LogP contribution in [-0.2, 0) is 15.4 Å². The molecule has 0 aliphatic rings. The Morgan fingerprint density at radius 1 is 1.21 bits per heavy atom. The number of hydrogen-bond acceptors (Lipinski definition) is 3. The number of sulfonamides is 1. The first kappa shape index (κ1) is 14.5. The summed E-state index contributed by atoms with van der Waals surface area (Å²) < 4.78 is 27.6. The summed E-state index contributed by atoms with van der Waals surface area (Å²) in [5.74, 6) is 0. The third-order valence-corrected chi connectivity index (χ3v) is 4.77. The van der Waals surface area contributed by atoms with Gasteiger partial charge in [0, 0.05) is 22.2 Å². The molecule has 0 fully saturated rings. The van der Waals surface area contributed by atoms with Crippen LogP contribution in [0.5, 0.6) is 0 Å². The van der Waals surface area contributed by atoms with Crippen LogP contribution in [0.3, 0.4) is 0 Å². The van der Waals surface area contributed by atoms with Gasteiger partial charge >= 0.3 is 0 Å². The fourth-order valence-corrected chi connectivity index (χ4v) is 3.57. The predicted octanol–water partition coefficient (Wildman–Crippen LogP) is 3.54. The van der Waals surface area contributed by atoms with Crippen molar-refractivity contribution in [3.8, 4) is 0 Å². The Morgan fingerprint density at radius 3 is 2.63 bits per heavy atom. The molecule has 1 heterocycles. The Balaban J connectivity index is 2.37. The molecule has 0 bridgehead atoms. The van der Waals surface area contributed by atoms with Crippen LogP contribution in [0.2, 0.25) is 0 Å². The summed E-state index contributed by atoms with van der Waals surface area (Å²) in [6, 6.07) is 8.72. The van der Waals surface area contributed by atoms with Crippen molar-refractivity contribution in [2.24, 2.45) is 0 Å². The number of nitrogens with one attached hydrogen (secondary N) is 1. The average Bonchev–Trinajstić information content (AvgIpc) is 2.39. The molecule has 0 spiro atoms. The summed E-state index contributed by atoms with van der Waals surface area (Å²) in [6.07, 6.45) is 2.84. The first-order chi connectivity index (χ1) is 9.03. The minimum Gasteiger partial charge on any atom is -0.279 e. The summed E-state index contributed by atoms with van der Waals surface area (Å²) in [4.78, 5) is 3.98. The van der Waals surface area contributed by atoms with Gasteiger partial charge in [-0.05, 0) is 33.6 Å². The number of pyridine rings is 1. The third kappa shape index (κ3) is 3.55. The Kier molecular flexibility index (Phi) is 4.59. The summed E-state index contributed by atoms with van der Waals surface area (Å²) in [5, 5.41) is 0.572. The van der Waals surface area contributed by atoms with Crippen LogP contribution in [0.1, 0.15) is 5.56 Å². The van der Waals surface area contributed by atoms with Gasteiger partial charge in [0.05, 0.1) is 5.69 Å². The molecule has 19 heavy (non-hydrogen) atoms. The van der Waals surface area contributed by atoms with Crippen molar-refractivity contribution in [1.29, 1.82) is 0 Å². The highest BCUT2D eigenvalue weighted by Gasteiger charge is 2.16. The van der Waals surface area contributed by atoms with Crippen LogP contribution in [-0.4, -0.2) is 13.4 Å². The maximum Gasteiger partial charge on any atom is 0.263 e. The van der Waals surface area contributed by atoms with Crippen molar-refractivity contribution in [2.45, 2.75) is 10.2 Å². The molecule has 7 heteroatoms. The number of aromatic nitrogens is 1. The summed E-state index contributed by atoms with van der Waals surface area (Å²) in [7, 11) is -3.63. The molecular weight excluding hydrogens is 396 g/mol. The van der Waals surface area contributed by atoms with E-state index in [1.807, 2.05) is 12.1 Å². The number of benzene rings is 1. The fraction of sp³-hybridized carbons (Fsp3) is 0.0833. The molecule has 4 nitrogen and oxygen atoms in total. The normalized spacial score (nSPS) is 11.3. The summed E-state index contributed by atoms with van der Waals surface area (Å²) in [6.45, 7) is 0. The Labute approximate surface area is 128 Å². The lowest BCUT2D eigenvalue weighted by Crippen LogP contribution is -2.14. The largest absolute Gasteiger partial charge is 0.279 e. The highest BCUT2D eigenvalue weighted by Crippen LogP contribution is 2.22. The van der Waals surface area contributed by atoms with Crippen molar-refractivity contribution in [3.05, 3.63) is 52.8 Å². The van der Waals surface area contributed by atoms with Crippen molar-refractivity contribution < 1.29 is 8.42 Å². The number of halogens is 2. The lowest BCUT2D eigenvalue weighted by Gasteiger charge is -2.11. The predicted molar refractivity (Wildman–Crippen MR) is 81.8 cm³/mol. The Bertz CT molecular complexity index is 690. The van der Waals surface area contributed by atoms with Gasteiger partial charge in [0.2, 0.25) is 0 Å². The maximum atomic E-state index is 12.2. The number of hydrogen-bond donors (Lipinski definition) is 1. The zero-order valence-corrected chi connectivity index (χ0v) is 13.7. The molecular formula is C12H10Br2N2O2S. The first-order valence-corrected chi connectivity index (χ1v) is 8.70. The van der Waals surface area contributed by atoms with E-state index in [9.17, 15) is 8.42 Å². The molecule has 1 aromatic carbocycles. The van der Waals surface area contributed by atoms with E-state index in [-0.39, 0.29) is 4.90 Å². The van der Waals surface area contributed by atoms with Crippen molar-refractivity contribution >= 4 is 47.6 Å². The van der Waals surface area contributed by atoms with Crippen molar-refractivity contribution in [3.63, 3.8) is 0 Å². The highest BCUT2D eigenvalue weighted by atomic mass is 79.9. The van der Waals surface area contributed by atoms with Crippen molar-refractivity contribution in [1.82, 2.24) is 4.98 Å². The van der Waals surface area contributed by atoms with Gasteiger partial charge in [0.15, 0.2) is 0 Å². The minimum atomic E-state index is -3.63. The van der Waals surface area contributed by atoms with E-state index < -0.39 is 10.0 Å². The van der Waals surface area contributed by atoms with Crippen LogP contribution >= 0.6 is 31.9 Å². The molecule has 0 aliphatic carbocycles. The van der Waals surface area contributed by atoms with Gasteiger partial charge in [-0.1, -0.05) is 34.1 Å². The summed E-state index contributed by atoms with van der Waals surface area (Å²) >= 11 is 6.54. The van der Waals surface area contributed by atoms with Gasteiger partial charge in [0.1, 0.15) is 4.90 Å². The van der Waals surface area contributed by atoms with Gasteiger partial charge in [-0.25, -0.2) is 8.42 Å². The maximum absolute atomic E-state index is 12.2.